The van der Waals surface area contributed by atoms with Crippen molar-refractivity contribution >= 4 is 5.91 Å². The van der Waals surface area contributed by atoms with E-state index < -0.39 is 0 Å². The lowest BCUT2D eigenvalue weighted by Gasteiger charge is -2.14. The van der Waals surface area contributed by atoms with Gasteiger partial charge >= 0.3 is 0 Å². The molecule has 1 aromatic carbocycles. The molecule has 0 spiro atoms. The molecule has 2 heteroatoms. The predicted octanol–water partition coefficient (Wildman–Crippen LogP) is 1.20. The van der Waals surface area contributed by atoms with Gasteiger partial charge in [0.25, 0.3) is 0 Å². The lowest BCUT2D eigenvalue weighted by Crippen LogP contribution is -2.18. The van der Waals surface area contributed by atoms with E-state index in [9.17, 15) is 4.79 Å². The van der Waals surface area contributed by atoms with Crippen LogP contribution < -0.4 is 5.73 Å². The summed E-state index contributed by atoms with van der Waals surface area (Å²) in [6, 6.07) is 8.14. The molecule has 0 heterocycles. The van der Waals surface area contributed by atoms with Crippen molar-refractivity contribution < 1.29 is 4.79 Å². The Kier molecular flexibility index (Phi) is 1.89. The van der Waals surface area contributed by atoms with Crippen LogP contribution in [0.4, 0.5) is 0 Å². The fourth-order valence-electron chi connectivity index (χ4n) is 1.63. The quantitative estimate of drug-likeness (QED) is 0.681. The normalized spacial score (nSPS) is 14.6. The summed E-state index contributed by atoms with van der Waals surface area (Å²) >= 11 is 0. The van der Waals surface area contributed by atoms with Gasteiger partial charge in [-0.2, -0.15) is 0 Å². The lowest BCUT2D eigenvalue weighted by atomic mass is 9.91. The van der Waals surface area contributed by atoms with Crippen LogP contribution in [0.2, 0.25) is 0 Å². The van der Waals surface area contributed by atoms with Crippen molar-refractivity contribution in [2.75, 3.05) is 0 Å². The molecule has 0 aliphatic heterocycles. The van der Waals surface area contributed by atoms with Crippen molar-refractivity contribution in [3.8, 4) is 0 Å². The molecular weight excluding hydrogens is 162 g/mol. The Morgan fingerprint density at radius 1 is 1.23 bits per heavy atom. The van der Waals surface area contributed by atoms with Gasteiger partial charge in [0.1, 0.15) is 0 Å². The zero-order valence-electron chi connectivity index (χ0n) is 7.29. The van der Waals surface area contributed by atoms with Gasteiger partial charge in [-0.05, 0) is 17.5 Å². The Bertz CT molecular complexity index is 379. The largest absolute Gasteiger partial charge is 0.366 e. The summed E-state index contributed by atoms with van der Waals surface area (Å²) in [4.78, 5) is 10.9. The van der Waals surface area contributed by atoms with Gasteiger partial charge < -0.3 is 5.73 Å². The molecule has 0 unspecified atom stereocenters. The molecule has 0 bridgehead atoms. The van der Waals surface area contributed by atoms with E-state index in [4.69, 9.17) is 5.73 Å². The lowest BCUT2D eigenvalue weighted by molar-refractivity contribution is -0.114. The van der Waals surface area contributed by atoms with Gasteiger partial charge in [0.2, 0.25) is 5.91 Å². The number of nitrogens with two attached hydrogens (primary N) is 1. The van der Waals surface area contributed by atoms with Crippen LogP contribution in [0.1, 0.15) is 11.1 Å². The topological polar surface area (TPSA) is 43.1 Å². The third-order valence-electron chi connectivity index (χ3n) is 2.38. The number of hydrogen-bond acceptors (Lipinski definition) is 1. The molecule has 1 aromatic rings. The molecule has 0 fully saturated rings. The van der Waals surface area contributed by atoms with Crippen LogP contribution in [0, 0.1) is 0 Å². The van der Waals surface area contributed by atoms with E-state index in [1.165, 1.54) is 11.1 Å². The van der Waals surface area contributed by atoms with E-state index in [0.29, 0.717) is 6.42 Å². The standard InChI is InChI=1S/C11H11NO/c12-11(13)10-6-5-8-3-1-2-4-9(8)7-10/h1-4,6H,5,7H2,(H2,12,13). The van der Waals surface area contributed by atoms with Crippen LogP contribution in [0.5, 0.6) is 0 Å². The van der Waals surface area contributed by atoms with Gasteiger partial charge in [-0.25, -0.2) is 0 Å². The number of primary amides is 1. The molecule has 0 atom stereocenters. The van der Waals surface area contributed by atoms with Gasteiger partial charge in [-0.3, -0.25) is 4.79 Å². The summed E-state index contributed by atoms with van der Waals surface area (Å²) in [7, 11) is 0. The van der Waals surface area contributed by atoms with Gasteiger partial charge in [0.15, 0.2) is 0 Å². The molecular formula is C11H11NO. The molecule has 2 nitrogen and oxygen atoms in total. The second-order valence-corrected chi connectivity index (χ2v) is 3.24. The Balaban J connectivity index is 2.33. The van der Waals surface area contributed by atoms with Crippen molar-refractivity contribution in [3.63, 3.8) is 0 Å². The minimum Gasteiger partial charge on any atom is -0.366 e. The SMILES string of the molecule is NC(=O)C1=CCc2ccccc2C1. The van der Waals surface area contributed by atoms with Crippen molar-refractivity contribution in [2.45, 2.75) is 12.8 Å². The summed E-state index contributed by atoms with van der Waals surface area (Å²) in [5, 5.41) is 0. The first-order chi connectivity index (χ1) is 6.27. The van der Waals surface area contributed by atoms with Crippen molar-refractivity contribution in [3.05, 3.63) is 47.0 Å². The second kappa shape index (κ2) is 3.05. The number of fused-ring (bicyclic) bond motifs is 1. The number of allylic oxidation sites excluding steroid dienone is 1. The summed E-state index contributed by atoms with van der Waals surface area (Å²) in [6.45, 7) is 0. The summed E-state index contributed by atoms with van der Waals surface area (Å²) in [5.74, 6) is -0.297. The third-order valence-corrected chi connectivity index (χ3v) is 2.38. The third kappa shape index (κ3) is 1.47. The molecule has 2 rings (SSSR count). The summed E-state index contributed by atoms with van der Waals surface area (Å²) in [5.41, 5.74) is 8.47. The van der Waals surface area contributed by atoms with Crippen LogP contribution in [0.3, 0.4) is 0 Å². The van der Waals surface area contributed by atoms with E-state index in [1.54, 1.807) is 0 Å². The highest BCUT2D eigenvalue weighted by Gasteiger charge is 2.13. The van der Waals surface area contributed by atoms with Crippen LogP contribution >= 0.6 is 0 Å². The molecule has 1 aliphatic rings. The highest BCUT2D eigenvalue weighted by Crippen LogP contribution is 2.20. The van der Waals surface area contributed by atoms with Gasteiger partial charge in [-0.1, -0.05) is 30.3 Å². The zero-order valence-corrected chi connectivity index (χ0v) is 7.29. The number of rotatable bonds is 1. The Morgan fingerprint density at radius 2 is 1.92 bits per heavy atom. The molecule has 13 heavy (non-hydrogen) atoms. The fraction of sp³-hybridized carbons (Fsp3) is 0.182. The Labute approximate surface area is 77.1 Å². The van der Waals surface area contributed by atoms with Crippen LogP contribution in [-0.4, -0.2) is 5.91 Å². The molecule has 0 aromatic heterocycles. The van der Waals surface area contributed by atoms with Crippen molar-refractivity contribution in [1.82, 2.24) is 0 Å². The van der Waals surface area contributed by atoms with Gasteiger partial charge in [0.05, 0.1) is 0 Å². The van der Waals surface area contributed by atoms with E-state index in [0.717, 1.165) is 12.0 Å². The van der Waals surface area contributed by atoms with E-state index in [2.05, 4.69) is 6.07 Å². The minimum absolute atomic E-state index is 0.297. The molecule has 2 N–H and O–H groups in total. The molecule has 0 radical (unpaired) electrons. The Hall–Kier alpha value is -1.57. The van der Waals surface area contributed by atoms with Crippen LogP contribution in [0.15, 0.2) is 35.9 Å². The Morgan fingerprint density at radius 3 is 2.62 bits per heavy atom. The fourth-order valence-corrected chi connectivity index (χ4v) is 1.63. The van der Waals surface area contributed by atoms with E-state index in [1.807, 2.05) is 24.3 Å². The first-order valence-electron chi connectivity index (χ1n) is 4.33. The van der Waals surface area contributed by atoms with Crippen molar-refractivity contribution in [1.29, 1.82) is 0 Å². The molecule has 0 saturated carbocycles. The van der Waals surface area contributed by atoms with Crippen molar-refractivity contribution in [2.24, 2.45) is 5.73 Å². The number of amides is 1. The second-order valence-electron chi connectivity index (χ2n) is 3.24. The first kappa shape index (κ1) is 8.05. The average molecular weight is 173 g/mol. The summed E-state index contributed by atoms with van der Waals surface area (Å²) in [6.07, 6.45) is 3.44. The molecule has 0 saturated heterocycles. The molecule has 66 valence electrons. The number of hydrogen-bond donors (Lipinski definition) is 1. The van der Waals surface area contributed by atoms with Gasteiger partial charge in [0, 0.05) is 12.0 Å². The van der Waals surface area contributed by atoms with E-state index in [-0.39, 0.29) is 5.91 Å². The maximum Gasteiger partial charge on any atom is 0.244 e. The summed E-state index contributed by atoms with van der Waals surface area (Å²) < 4.78 is 0. The average Bonchev–Trinajstić information content (AvgIpc) is 2.17. The minimum atomic E-state index is -0.297. The maximum absolute atomic E-state index is 10.9. The molecule has 1 aliphatic carbocycles. The van der Waals surface area contributed by atoms with Gasteiger partial charge in [-0.15, -0.1) is 0 Å². The number of carbonyl (C=O) groups excluding carboxylic acids is 1. The predicted molar refractivity (Wildman–Crippen MR) is 51.1 cm³/mol. The van der Waals surface area contributed by atoms with Crippen LogP contribution in [0.25, 0.3) is 0 Å². The smallest absolute Gasteiger partial charge is 0.244 e. The highest BCUT2D eigenvalue weighted by molar-refractivity contribution is 5.92. The zero-order chi connectivity index (χ0) is 9.26. The van der Waals surface area contributed by atoms with E-state index >= 15 is 0 Å². The number of carbonyl (C=O) groups is 1. The van der Waals surface area contributed by atoms with Crippen LogP contribution in [-0.2, 0) is 17.6 Å². The first-order valence-corrected chi connectivity index (χ1v) is 4.33. The maximum atomic E-state index is 10.9. The highest BCUT2D eigenvalue weighted by atomic mass is 16.1. The monoisotopic (exact) mass is 173 g/mol. The number of benzene rings is 1. The molecule has 1 amide bonds.